The van der Waals surface area contributed by atoms with E-state index in [1.54, 1.807) is 0 Å². The van der Waals surface area contributed by atoms with Gasteiger partial charge in [-0.15, -0.1) is 0 Å². The van der Waals surface area contributed by atoms with Crippen LogP contribution in [0.25, 0.3) is 0 Å². The Morgan fingerprint density at radius 2 is 2.15 bits per heavy atom. The van der Waals surface area contributed by atoms with Gasteiger partial charge in [0.15, 0.2) is 0 Å². The average Bonchev–Trinajstić information content (AvgIpc) is 2.34. The van der Waals surface area contributed by atoms with E-state index in [0.717, 1.165) is 19.5 Å². The molecule has 0 spiro atoms. The fourth-order valence-electron chi connectivity index (χ4n) is 1.33. The van der Waals surface area contributed by atoms with Crippen LogP contribution < -0.4 is 0 Å². The average molecular weight is 183 g/mol. The summed E-state index contributed by atoms with van der Waals surface area (Å²) in [5, 5.41) is 0. The quantitative estimate of drug-likeness (QED) is 0.572. The molecule has 1 atom stereocenters. The molecule has 0 aromatic rings. The maximum absolute atomic E-state index is 11.5. The predicted octanol–water partition coefficient (Wildman–Crippen LogP) is 2.46. The normalized spacial score (nSPS) is 22.0. The number of carbonyl (C=O) groups excluding carboxylic acids is 1. The van der Waals surface area contributed by atoms with Gasteiger partial charge in [-0.1, -0.05) is 32.9 Å². The monoisotopic (exact) mass is 183 g/mol. The van der Waals surface area contributed by atoms with Crippen LogP contribution in [0.5, 0.6) is 0 Å². The first kappa shape index (κ1) is 12.2. The molecule has 1 rings (SSSR count). The smallest absolute Gasteiger partial charge is 0.229 e. The Balaban J connectivity index is 0.000000671. The molecule has 2 heteroatoms. The second kappa shape index (κ2) is 6.70. The molecule has 1 unspecified atom stereocenters. The zero-order valence-corrected chi connectivity index (χ0v) is 9.21. The van der Waals surface area contributed by atoms with E-state index in [2.05, 4.69) is 6.08 Å². The highest BCUT2D eigenvalue weighted by Crippen LogP contribution is 2.09. The van der Waals surface area contributed by atoms with Crippen molar-refractivity contribution in [3.05, 3.63) is 12.2 Å². The molecule has 0 saturated carbocycles. The van der Waals surface area contributed by atoms with Crippen molar-refractivity contribution in [3.8, 4) is 0 Å². The molecule has 1 aliphatic heterocycles. The van der Waals surface area contributed by atoms with Gasteiger partial charge in [-0.3, -0.25) is 4.79 Å². The van der Waals surface area contributed by atoms with Crippen molar-refractivity contribution < 1.29 is 4.79 Å². The Labute approximate surface area is 81.6 Å². The fraction of sp³-hybridized carbons (Fsp3) is 0.727. The van der Waals surface area contributed by atoms with Crippen LogP contribution in [0, 0.1) is 5.92 Å². The highest BCUT2D eigenvalue weighted by molar-refractivity contribution is 5.80. The second-order valence-electron chi connectivity index (χ2n) is 2.92. The number of carbonyl (C=O) groups is 1. The molecular formula is C11H21NO. The molecule has 0 saturated heterocycles. The first-order valence-corrected chi connectivity index (χ1v) is 5.21. The lowest BCUT2D eigenvalue weighted by molar-refractivity contribution is -0.133. The molecule has 76 valence electrons. The fourth-order valence-corrected chi connectivity index (χ4v) is 1.33. The number of nitrogens with zero attached hydrogens (tertiary/aromatic N) is 1. The lowest BCUT2D eigenvalue weighted by Gasteiger charge is -2.20. The summed E-state index contributed by atoms with van der Waals surface area (Å²) in [6, 6.07) is 0. The molecular weight excluding hydrogens is 162 g/mol. The van der Waals surface area contributed by atoms with Gasteiger partial charge in [-0.05, 0) is 13.3 Å². The van der Waals surface area contributed by atoms with Crippen LogP contribution in [0.1, 0.15) is 34.1 Å². The lowest BCUT2D eigenvalue weighted by Crippen LogP contribution is -2.33. The van der Waals surface area contributed by atoms with E-state index in [0.29, 0.717) is 0 Å². The summed E-state index contributed by atoms with van der Waals surface area (Å²) in [5.74, 6) is 0.346. The van der Waals surface area contributed by atoms with Crippen molar-refractivity contribution in [1.82, 2.24) is 4.90 Å². The van der Waals surface area contributed by atoms with Crippen molar-refractivity contribution in [3.63, 3.8) is 0 Å². The molecule has 0 aromatic carbocycles. The van der Waals surface area contributed by atoms with Crippen LogP contribution in [-0.4, -0.2) is 23.9 Å². The molecule has 13 heavy (non-hydrogen) atoms. The van der Waals surface area contributed by atoms with Gasteiger partial charge in [-0.25, -0.2) is 0 Å². The minimum absolute atomic E-state index is 0.0810. The topological polar surface area (TPSA) is 20.3 Å². The van der Waals surface area contributed by atoms with E-state index in [9.17, 15) is 4.79 Å². The summed E-state index contributed by atoms with van der Waals surface area (Å²) in [6.45, 7) is 9.70. The van der Waals surface area contributed by atoms with Gasteiger partial charge in [0.2, 0.25) is 5.91 Å². The highest BCUT2D eigenvalue weighted by atomic mass is 16.2. The highest BCUT2D eigenvalue weighted by Gasteiger charge is 2.17. The summed E-state index contributed by atoms with van der Waals surface area (Å²) in [4.78, 5) is 13.4. The first-order chi connectivity index (χ1) is 6.25. The lowest BCUT2D eigenvalue weighted by atomic mass is 10.1. The third-order valence-corrected chi connectivity index (χ3v) is 2.07. The zero-order chi connectivity index (χ0) is 10.3. The Kier molecular flexibility index (Phi) is 6.29. The van der Waals surface area contributed by atoms with E-state index in [-0.39, 0.29) is 11.8 Å². The Hall–Kier alpha value is -0.790. The SMILES string of the molecule is CC.CCN1CCC=CC(C)C1=O. The second-order valence-corrected chi connectivity index (χ2v) is 2.92. The Morgan fingerprint density at radius 3 is 2.69 bits per heavy atom. The summed E-state index contributed by atoms with van der Waals surface area (Å²) >= 11 is 0. The molecule has 0 radical (unpaired) electrons. The van der Waals surface area contributed by atoms with Crippen molar-refractivity contribution in [1.29, 1.82) is 0 Å². The van der Waals surface area contributed by atoms with Crippen molar-refractivity contribution in [2.45, 2.75) is 34.1 Å². The minimum Gasteiger partial charge on any atom is -0.342 e. The van der Waals surface area contributed by atoms with Crippen LogP contribution in [0.15, 0.2) is 12.2 Å². The molecule has 1 amide bonds. The third-order valence-electron chi connectivity index (χ3n) is 2.07. The number of amides is 1. The van der Waals surface area contributed by atoms with Gasteiger partial charge in [0.25, 0.3) is 0 Å². The summed E-state index contributed by atoms with van der Waals surface area (Å²) in [5.41, 5.74) is 0. The minimum atomic E-state index is 0.0810. The van der Waals surface area contributed by atoms with Gasteiger partial charge >= 0.3 is 0 Å². The molecule has 1 heterocycles. The van der Waals surface area contributed by atoms with Crippen LogP contribution in [0.2, 0.25) is 0 Å². The summed E-state index contributed by atoms with van der Waals surface area (Å²) in [6.07, 6.45) is 5.10. The third kappa shape index (κ3) is 3.62. The van der Waals surface area contributed by atoms with E-state index in [1.807, 2.05) is 38.7 Å². The van der Waals surface area contributed by atoms with Crippen LogP contribution in [0.3, 0.4) is 0 Å². The predicted molar refractivity (Wildman–Crippen MR) is 56.5 cm³/mol. The maximum Gasteiger partial charge on any atom is 0.229 e. The molecule has 1 aliphatic rings. The van der Waals surface area contributed by atoms with Crippen LogP contribution >= 0.6 is 0 Å². The molecule has 0 aliphatic carbocycles. The zero-order valence-electron chi connectivity index (χ0n) is 9.21. The van der Waals surface area contributed by atoms with Gasteiger partial charge in [0.05, 0.1) is 5.92 Å². The van der Waals surface area contributed by atoms with Gasteiger partial charge in [-0.2, -0.15) is 0 Å². The van der Waals surface area contributed by atoms with E-state index < -0.39 is 0 Å². The van der Waals surface area contributed by atoms with Gasteiger partial charge in [0.1, 0.15) is 0 Å². The van der Waals surface area contributed by atoms with Gasteiger partial charge < -0.3 is 4.90 Å². The van der Waals surface area contributed by atoms with E-state index in [4.69, 9.17) is 0 Å². The van der Waals surface area contributed by atoms with Crippen LogP contribution in [-0.2, 0) is 4.79 Å². The standard InChI is InChI=1S/C9H15NO.C2H6/c1-3-10-7-5-4-6-8(2)9(10)11;1-2/h4,6,8H,3,5,7H2,1-2H3;1-2H3. The molecule has 2 nitrogen and oxygen atoms in total. The van der Waals surface area contributed by atoms with Crippen molar-refractivity contribution in [2.75, 3.05) is 13.1 Å². The molecule has 0 aromatic heterocycles. The van der Waals surface area contributed by atoms with E-state index >= 15 is 0 Å². The maximum atomic E-state index is 11.5. The largest absolute Gasteiger partial charge is 0.342 e. The number of hydrogen-bond donors (Lipinski definition) is 0. The van der Waals surface area contributed by atoms with Crippen LogP contribution in [0.4, 0.5) is 0 Å². The number of rotatable bonds is 1. The summed E-state index contributed by atoms with van der Waals surface area (Å²) < 4.78 is 0. The molecule has 0 bridgehead atoms. The van der Waals surface area contributed by atoms with Crippen molar-refractivity contribution in [2.24, 2.45) is 5.92 Å². The van der Waals surface area contributed by atoms with Crippen molar-refractivity contribution >= 4 is 5.91 Å². The summed E-state index contributed by atoms with van der Waals surface area (Å²) in [7, 11) is 0. The van der Waals surface area contributed by atoms with E-state index in [1.165, 1.54) is 0 Å². The molecule has 0 fully saturated rings. The Morgan fingerprint density at radius 1 is 1.54 bits per heavy atom. The van der Waals surface area contributed by atoms with Gasteiger partial charge in [0, 0.05) is 13.1 Å². The first-order valence-electron chi connectivity index (χ1n) is 5.21. The molecule has 0 N–H and O–H groups in total. The number of hydrogen-bond acceptors (Lipinski definition) is 1. The Bertz CT molecular complexity index is 175.